The van der Waals surface area contributed by atoms with Crippen molar-refractivity contribution in [1.82, 2.24) is 4.72 Å². The number of rotatable bonds is 10. The molecule has 0 bridgehead atoms. The first-order valence-corrected chi connectivity index (χ1v) is 12.0. The maximum atomic E-state index is 12.6. The van der Waals surface area contributed by atoms with Gasteiger partial charge in [0.25, 0.3) is 10.1 Å². The Labute approximate surface area is 173 Å². The molecule has 0 heterocycles. The maximum Gasteiger partial charge on any atom is 0.296 e. The zero-order valence-corrected chi connectivity index (χ0v) is 18.5. The fourth-order valence-electron chi connectivity index (χ4n) is 2.59. The van der Waals surface area contributed by atoms with E-state index in [9.17, 15) is 16.8 Å². The molecule has 8 heteroatoms. The van der Waals surface area contributed by atoms with Crippen molar-refractivity contribution in [3.8, 4) is 0 Å². The molecular weight excluding hydrogens is 410 g/mol. The van der Waals surface area contributed by atoms with Crippen LogP contribution >= 0.6 is 0 Å². The summed E-state index contributed by atoms with van der Waals surface area (Å²) in [7, 11) is -7.68. The monoisotopic (exact) mass is 437 g/mol. The zero-order chi connectivity index (χ0) is 21.7. The maximum absolute atomic E-state index is 12.6. The van der Waals surface area contributed by atoms with Gasteiger partial charge < -0.3 is 0 Å². The van der Waals surface area contributed by atoms with Crippen molar-refractivity contribution in [3.05, 3.63) is 72.3 Å². The van der Waals surface area contributed by atoms with E-state index < -0.39 is 25.6 Å². The van der Waals surface area contributed by atoms with E-state index in [0.29, 0.717) is 6.42 Å². The predicted octanol–water partition coefficient (Wildman–Crippen LogP) is 3.57. The molecule has 2 aromatic carbocycles. The molecule has 0 fully saturated rings. The van der Waals surface area contributed by atoms with E-state index in [-0.39, 0.29) is 22.9 Å². The fourth-order valence-corrected chi connectivity index (χ4v) is 4.84. The lowest BCUT2D eigenvalue weighted by Gasteiger charge is -2.28. The first kappa shape index (κ1) is 23.3. The normalized spacial score (nSPS) is 14.3. The summed E-state index contributed by atoms with van der Waals surface area (Å²) >= 11 is 0. The molecule has 2 rings (SSSR count). The van der Waals surface area contributed by atoms with Crippen LogP contribution < -0.4 is 4.72 Å². The highest BCUT2D eigenvalue weighted by Gasteiger charge is 2.29. The summed E-state index contributed by atoms with van der Waals surface area (Å²) in [5, 5.41) is 0. The number of nitrogens with one attached hydrogen (secondary N) is 1. The third kappa shape index (κ3) is 6.50. The minimum atomic E-state index is -3.95. The van der Waals surface area contributed by atoms with Gasteiger partial charge in [-0.25, -0.2) is 13.1 Å². The van der Waals surface area contributed by atoms with Gasteiger partial charge in [-0.15, -0.1) is 6.58 Å². The molecule has 1 unspecified atom stereocenters. The van der Waals surface area contributed by atoms with Crippen LogP contribution in [0.1, 0.15) is 24.5 Å². The molecule has 2 aromatic rings. The van der Waals surface area contributed by atoms with E-state index in [4.69, 9.17) is 4.18 Å². The molecule has 0 aliphatic rings. The van der Waals surface area contributed by atoms with Crippen molar-refractivity contribution in [1.29, 1.82) is 0 Å². The molecule has 6 nitrogen and oxygen atoms in total. The van der Waals surface area contributed by atoms with Crippen LogP contribution in [0.2, 0.25) is 0 Å². The zero-order valence-electron chi connectivity index (χ0n) is 16.9. The molecule has 29 heavy (non-hydrogen) atoms. The average Bonchev–Trinajstić information content (AvgIpc) is 2.66. The van der Waals surface area contributed by atoms with Gasteiger partial charge in [-0.05, 0) is 44.5 Å². The van der Waals surface area contributed by atoms with Crippen LogP contribution in [-0.4, -0.2) is 30.0 Å². The van der Waals surface area contributed by atoms with Gasteiger partial charge in [-0.1, -0.05) is 48.4 Å². The largest absolute Gasteiger partial charge is 0.296 e. The number of sulfonamides is 1. The molecule has 0 amide bonds. The molecule has 0 saturated carbocycles. The second-order valence-corrected chi connectivity index (χ2v) is 10.9. The van der Waals surface area contributed by atoms with Gasteiger partial charge in [-0.2, -0.15) is 8.42 Å². The molecule has 0 saturated heterocycles. The Morgan fingerprint density at radius 1 is 0.931 bits per heavy atom. The number of aryl methyl sites for hydroxylation is 2. The third-order valence-corrected chi connectivity index (χ3v) is 7.22. The van der Waals surface area contributed by atoms with Crippen LogP contribution in [-0.2, 0) is 24.3 Å². The van der Waals surface area contributed by atoms with E-state index >= 15 is 0 Å². The molecule has 0 radical (unpaired) electrons. The lowest BCUT2D eigenvalue weighted by atomic mass is 9.88. The molecule has 0 aliphatic heterocycles. The number of hydrogen-bond donors (Lipinski definition) is 1. The SMILES string of the molecule is C=CCC(C)(CNS(=O)(=O)c1ccc(C)cc1)COS(=O)(=O)c1ccc(C)cc1. The second kappa shape index (κ2) is 9.21. The van der Waals surface area contributed by atoms with Crippen LogP contribution in [0.15, 0.2) is 71.0 Å². The van der Waals surface area contributed by atoms with Gasteiger partial charge in [-0.3, -0.25) is 4.18 Å². The minimum Gasteiger partial charge on any atom is -0.266 e. The average molecular weight is 438 g/mol. The Kier molecular flexibility index (Phi) is 7.40. The minimum absolute atomic E-state index is 0.00134. The number of allylic oxidation sites excluding steroid dienone is 1. The van der Waals surface area contributed by atoms with E-state index in [0.717, 1.165) is 11.1 Å². The standard InChI is InChI=1S/C21H27NO5S2/c1-5-14-21(4,15-22-28(23,24)19-10-6-17(2)7-11-19)16-27-29(25,26)20-12-8-18(3)9-13-20/h5-13,22H,1,14-16H2,2-4H3. The smallest absolute Gasteiger partial charge is 0.266 e. The van der Waals surface area contributed by atoms with Gasteiger partial charge in [0.2, 0.25) is 10.0 Å². The Morgan fingerprint density at radius 2 is 1.41 bits per heavy atom. The Hall–Kier alpha value is -2.00. The molecule has 0 aromatic heterocycles. The van der Waals surface area contributed by atoms with E-state index in [1.807, 2.05) is 13.8 Å². The lowest BCUT2D eigenvalue weighted by molar-refractivity contribution is 0.172. The van der Waals surface area contributed by atoms with Crippen molar-refractivity contribution in [2.45, 2.75) is 37.0 Å². The van der Waals surface area contributed by atoms with Crippen LogP contribution in [0.4, 0.5) is 0 Å². The van der Waals surface area contributed by atoms with Gasteiger partial charge in [0.05, 0.1) is 16.4 Å². The van der Waals surface area contributed by atoms with Crippen molar-refractivity contribution < 1.29 is 21.0 Å². The first-order valence-electron chi connectivity index (χ1n) is 9.11. The van der Waals surface area contributed by atoms with Crippen LogP contribution in [0.5, 0.6) is 0 Å². The first-order chi connectivity index (χ1) is 13.5. The molecule has 0 aliphatic carbocycles. The van der Waals surface area contributed by atoms with Crippen LogP contribution in [0, 0.1) is 19.3 Å². The molecule has 158 valence electrons. The highest BCUT2D eigenvalue weighted by Crippen LogP contribution is 2.25. The molecular formula is C21H27NO5S2. The molecule has 0 spiro atoms. The Balaban J connectivity index is 2.11. The lowest BCUT2D eigenvalue weighted by Crippen LogP contribution is -2.39. The summed E-state index contributed by atoms with van der Waals surface area (Å²) in [5.41, 5.74) is 1.10. The summed E-state index contributed by atoms with van der Waals surface area (Å²) in [6.45, 7) is 8.98. The Bertz CT molecular complexity index is 962. The van der Waals surface area contributed by atoms with Crippen LogP contribution in [0.3, 0.4) is 0 Å². The predicted molar refractivity (Wildman–Crippen MR) is 114 cm³/mol. The van der Waals surface area contributed by atoms with E-state index in [1.54, 1.807) is 37.3 Å². The highest BCUT2D eigenvalue weighted by atomic mass is 32.2. The van der Waals surface area contributed by atoms with Crippen molar-refractivity contribution in [2.75, 3.05) is 13.2 Å². The number of hydrogen-bond acceptors (Lipinski definition) is 5. The summed E-state index contributed by atoms with van der Waals surface area (Å²) in [6.07, 6.45) is 1.98. The second-order valence-electron chi connectivity index (χ2n) is 7.47. The molecule has 1 atom stereocenters. The summed E-state index contributed by atoms with van der Waals surface area (Å²) in [6, 6.07) is 12.8. The van der Waals surface area contributed by atoms with Gasteiger partial charge in [0.1, 0.15) is 0 Å². The summed E-state index contributed by atoms with van der Waals surface area (Å²) in [5.74, 6) is 0. The van der Waals surface area contributed by atoms with E-state index in [2.05, 4.69) is 11.3 Å². The van der Waals surface area contributed by atoms with Crippen molar-refractivity contribution in [3.63, 3.8) is 0 Å². The van der Waals surface area contributed by atoms with Gasteiger partial charge in [0, 0.05) is 12.0 Å². The van der Waals surface area contributed by atoms with E-state index in [1.165, 1.54) is 24.3 Å². The van der Waals surface area contributed by atoms with Gasteiger partial charge >= 0.3 is 0 Å². The molecule has 1 N–H and O–H groups in total. The summed E-state index contributed by atoms with van der Waals surface area (Å²) in [4.78, 5) is 0.210. The summed E-state index contributed by atoms with van der Waals surface area (Å²) < 4.78 is 57.8. The van der Waals surface area contributed by atoms with Crippen LogP contribution in [0.25, 0.3) is 0 Å². The fraction of sp³-hybridized carbons (Fsp3) is 0.333. The topological polar surface area (TPSA) is 89.5 Å². The van der Waals surface area contributed by atoms with Crippen molar-refractivity contribution in [2.24, 2.45) is 5.41 Å². The highest BCUT2D eigenvalue weighted by molar-refractivity contribution is 7.89. The quantitative estimate of drug-likeness (QED) is 0.453. The van der Waals surface area contributed by atoms with Gasteiger partial charge in [0.15, 0.2) is 0 Å². The Morgan fingerprint density at radius 3 is 1.90 bits per heavy atom. The van der Waals surface area contributed by atoms with Crippen molar-refractivity contribution >= 4 is 20.1 Å². The third-order valence-electron chi connectivity index (χ3n) is 4.53. The number of benzene rings is 2.